The van der Waals surface area contributed by atoms with Crippen LogP contribution in [-0.2, 0) is 11.3 Å². The zero-order chi connectivity index (χ0) is 13.5. The molecule has 0 aliphatic heterocycles. The molecule has 5 nitrogen and oxygen atoms in total. The van der Waals surface area contributed by atoms with Crippen LogP contribution in [0.15, 0.2) is 23.7 Å². The molecule has 2 aromatic heterocycles. The van der Waals surface area contributed by atoms with Gasteiger partial charge in [0.25, 0.3) is 0 Å². The van der Waals surface area contributed by atoms with E-state index in [2.05, 4.69) is 15.3 Å². The standard InChI is InChI=1S/C13H17N3O2S/c1-10-9-19-13(16-10)8-14-11-3-4-12(15-7-11)18-6-5-17-2/h3-4,7,9,14H,5-6,8H2,1-2H3. The summed E-state index contributed by atoms with van der Waals surface area (Å²) < 4.78 is 10.3. The van der Waals surface area contributed by atoms with Crippen molar-refractivity contribution in [3.05, 3.63) is 34.4 Å². The van der Waals surface area contributed by atoms with Crippen molar-refractivity contribution in [1.82, 2.24) is 9.97 Å². The van der Waals surface area contributed by atoms with E-state index in [9.17, 15) is 0 Å². The van der Waals surface area contributed by atoms with E-state index in [1.165, 1.54) is 0 Å². The van der Waals surface area contributed by atoms with Crippen LogP contribution in [0.4, 0.5) is 5.69 Å². The second-order valence-corrected chi connectivity index (χ2v) is 4.91. The smallest absolute Gasteiger partial charge is 0.213 e. The Morgan fingerprint density at radius 2 is 2.21 bits per heavy atom. The Labute approximate surface area is 116 Å². The molecule has 0 saturated heterocycles. The molecule has 0 aliphatic rings. The van der Waals surface area contributed by atoms with Gasteiger partial charge in [-0.3, -0.25) is 0 Å². The number of hydrogen-bond acceptors (Lipinski definition) is 6. The summed E-state index contributed by atoms with van der Waals surface area (Å²) >= 11 is 1.65. The van der Waals surface area contributed by atoms with Crippen molar-refractivity contribution < 1.29 is 9.47 Å². The number of thiazole rings is 1. The van der Waals surface area contributed by atoms with Crippen LogP contribution in [0.2, 0.25) is 0 Å². The molecular weight excluding hydrogens is 262 g/mol. The highest BCUT2D eigenvalue weighted by molar-refractivity contribution is 7.09. The van der Waals surface area contributed by atoms with Crippen LogP contribution in [0.1, 0.15) is 10.7 Å². The maximum absolute atomic E-state index is 5.39. The predicted molar refractivity (Wildman–Crippen MR) is 75.8 cm³/mol. The van der Waals surface area contributed by atoms with Crippen molar-refractivity contribution in [2.45, 2.75) is 13.5 Å². The normalized spacial score (nSPS) is 10.4. The molecule has 0 amide bonds. The first-order chi connectivity index (χ1) is 9.28. The number of aryl methyl sites for hydroxylation is 1. The molecule has 2 aromatic rings. The third-order valence-corrected chi connectivity index (χ3v) is 3.35. The summed E-state index contributed by atoms with van der Waals surface area (Å²) in [5.74, 6) is 0.604. The highest BCUT2D eigenvalue weighted by atomic mass is 32.1. The topological polar surface area (TPSA) is 56.3 Å². The molecule has 0 unspecified atom stereocenters. The first-order valence-corrected chi connectivity index (χ1v) is 6.88. The Kier molecular flexibility index (Phi) is 5.11. The van der Waals surface area contributed by atoms with Crippen molar-refractivity contribution in [1.29, 1.82) is 0 Å². The lowest BCUT2D eigenvalue weighted by atomic mass is 10.4. The molecule has 2 heterocycles. The number of pyridine rings is 1. The summed E-state index contributed by atoms with van der Waals surface area (Å²) in [5, 5.41) is 6.39. The Bertz CT molecular complexity index is 499. The lowest BCUT2D eigenvalue weighted by Gasteiger charge is -2.06. The van der Waals surface area contributed by atoms with Gasteiger partial charge in [-0.2, -0.15) is 0 Å². The first kappa shape index (κ1) is 13.8. The van der Waals surface area contributed by atoms with Crippen LogP contribution in [-0.4, -0.2) is 30.3 Å². The Morgan fingerprint density at radius 1 is 1.32 bits per heavy atom. The zero-order valence-electron chi connectivity index (χ0n) is 11.0. The number of nitrogens with zero attached hydrogens (tertiary/aromatic N) is 2. The van der Waals surface area contributed by atoms with Crippen LogP contribution < -0.4 is 10.1 Å². The molecular formula is C13H17N3O2S. The fourth-order valence-electron chi connectivity index (χ4n) is 1.46. The molecule has 19 heavy (non-hydrogen) atoms. The van der Waals surface area contributed by atoms with Crippen molar-refractivity contribution in [3.8, 4) is 5.88 Å². The third kappa shape index (κ3) is 4.50. The van der Waals surface area contributed by atoms with Gasteiger partial charge in [-0.15, -0.1) is 11.3 Å². The molecule has 0 fully saturated rings. The van der Waals surface area contributed by atoms with E-state index in [4.69, 9.17) is 9.47 Å². The lowest BCUT2D eigenvalue weighted by Crippen LogP contribution is -2.05. The highest BCUT2D eigenvalue weighted by Crippen LogP contribution is 2.14. The summed E-state index contributed by atoms with van der Waals surface area (Å²) in [7, 11) is 1.64. The van der Waals surface area contributed by atoms with Crippen LogP contribution in [0, 0.1) is 6.92 Å². The highest BCUT2D eigenvalue weighted by Gasteiger charge is 2.00. The van der Waals surface area contributed by atoms with Gasteiger partial charge in [0.05, 0.1) is 25.0 Å². The quantitative estimate of drug-likeness (QED) is 0.789. The summed E-state index contributed by atoms with van der Waals surface area (Å²) in [5.41, 5.74) is 2.01. The van der Waals surface area contributed by atoms with Gasteiger partial charge < -0.3 is 14.8 Å². The molecule has 0 bridgehead atoms. The molecule has 102 valence electrons. The van der Waals surface area contributed by atoms with Gasteiger partial charge in [-0.05, 0) is 13.0 Å². The number of rotatable bonds is 7. The lowest BCUT2D eigenvalue weighted by molar-refractivity contribution is 0.144. The number of hydrogen-bond donors (Lipinski definition) is 1. The average molecular weight is 279 g/mol. The molecule has 0 aromatic carbocycles. The molecule has 0 atom stereocenters. The molecule has 0 aliphatic carbocycles. The van der Waals surface area contributed by atoms with E-state index in [0.717, 1.165) is 16.4 Å². The first-order valence-electron chi connectivity index (χ1n) is 6.00. The third-order valence-electron chi connectivity index (χ3n) is 2.38. The second kappa shape index (κ2) is 7.06. The maximum atomic E-state index is 5.39. The number of ether oxygens (including phenoxy) is 2. The van der Waals surface area contributed by atoms with Gasteiger partial charge in [0, 0.05) is 24.3 Å². The SMILES string of the molecule is COCCOc1ccc(NCc2nc(C)cs2)cn1. The van der Waals surface area contributed by atoms with E-state index in [1.54, 1.807) is 24.6 Å². The number of nitrogens with one attached hydrogen (secondary N) is 1. The minimum Gasteiger partial charge on any atom is -0.475 e. The van der Waals surface area contributed by atoms with Gasteiger partial charge in [0.15, 0.2) is 0 Å². The average Bonchev–Trinajstić information content (AvgIpc) is 2.84. The van der Waals surface area contributed by atoms with E-state index in [-0.39, 0.29) is 0 Å². The van der Waals surface area contributed by atoms with Crippen LogP contribution >= 0.6 is 11.3 Å². The summed E-state index contributed by atoms with van der Waals surface area (Å²) in [4.78, 5) is 8.60. The fraction of sp³-hybridized carbons (Fsp3) is 0.385. The molecule has 0 radical (unpaired) electrons. The molecule has 0 spiro atoms. The summed E-state index contributed by atoms with van der Waals surface area (Å²) in [6, 6.07) is 3.78. The molecule has 0 saturated carbocycles. The van der Waals surface area contributed by atoms with Crippen molar-refractivity contribution in [3.63, 3.8) is 0 Å². The minimum atomic E-state index is 0.509. The fourth-order valence-corrected chi connectivity index (χ4v) is 2.17. The summed E-state index contributed by atoms with van der Waals surface area (Å²) in [6.45, 7) is 3.78. The predicted octanol–water partition coefficient (Wildman–Crippen LogP) is 2.48. The monoisotopic (exact) mass is 279 g/mol. The van der Waals surface area contributed by atoms with Crippen molar-refractivity contribution in [2.75, 3.05) is 25.6 Å². The van der Waals surface area contributed by atoms with E-state index < -0.39 is 0 Å². The van der Waals surface area contributed by atoms with Gasteiger partial charge >= 0.3 is 0 Å². The van der Waals surface area contributed by atoms with E-state index in [1.807, 2.05) is 24.4 Å². The molecule has 2 rings (SSSR count). The maximum Gasteiger partial charge on any atom is 0.213 e. The van der Waals surface area contributed by atoms with Gasteiger partial charge in [0.2, 0.25) is 5.88 Å². The Morgan fingerprint density at radius 3 is 2.84 bits per heavy atom. The van der Waals surface area contributed by atoms with E-state index >= 15 is 0 Å². The van der Waals surface area contributed by atoms with Gasteiger partial charge in [0.1, 0.15) is 11.6 Å². The number of aromatic nitrogens is 2. The summed E-state index contributed by atoms with van der Waals surface area (Å²) in [6.07, 6.45) is 1.75. The van der Waals surface area contributed by atoms with Crippen molar-refractivity contribution >= 4 is 17.0 Å². The van der Waals surface area contributed by atoms with Crippen LogP contribution in [0.3, 0.4) is 0 Å². The number of anilines is 1. The van der Waals surface area contributed by atoms with E-state index in [0.29, 0.717) is 25.6 Å². The van der Waals surface area contributed by atoms with Gasteiger partial charge in [-0.1, -0.05) is 0 Å². The molecule has 1 N–H and O–H groups in total. The second-order valence-electron chi connectivity index (χ2n) is 3.96. The van der Waals surface area contributed by atoms with Crippen LogP contribution in [0.5, 0.6) is 5.88 Å². The van der Waals surface area contributed by atoms with Crippen LogP contribution in [0.25, 0.3) is 0 Å². The largest absolute Gasteiger partial charge is 0.475 e. The zero-order valence-corrected chi connectivity index (χ0v) is 11.9. The molecule has 6 heteroatoms. The van der Waals surface area contributed by atoms with Crippen molar-refractivity contribution in [2.24, 2.45) is 0 Å². The number of methoxy groups -OCH3 is 1. The Balaban J connectivity index is 1.81. The van der Waals surface area contributed by atoms with Gasteiger partial charge in [-0.25, -0.2) is 9.97 Å². The Hall–Kier alpha value is -1.66. The minimum absolute atomic E-state index is 0.509.